The average molecular weight is 495 g/mol. The molecule has 1 aliphatic carbocycles. The molecule has 3 aromatic heterocycles. The maximum atomic E-state index is 13.6. The highest BCUT2D eigenvalue weighted by molar-refractivity contribution is 6.33. The number of alkyl halides is 3. The Balaban J connectivity index is 1.42. The normalized spacial score (nSPS) is 14.1. The van der Waals surface area contributed by atoms with E-state index in [4.69, 9.17) is 23.2 Å². The number of fused-ring (bicyclic) bond motifs is 1. The third-order valence-corrected chi connectivity index (χ3v) is 5.85. The first-order chi connectivity index (χ1) is 15.7. The van der Waals surface area contributed by atoms with Gasteiger partial charge in [0.1, 0.15) is 10.7 Å². The van der Waals surface area contributed by atoms with Crippen molar-refractivity contribution in [2.24, 2.45) is 0 Å². The summed E-state index contributed by atoms with van der Waals surface area (Å²) in [6.45, 7) is 0.312. The van der Waals surface area contributed by atoms with Crippen molar-refractivity contribution in [3.05, 3.63) is 75.3 Å². The molecule has 1 amide bonds. The first-order valence-electron chi connectivity index (χ1n) is 9.94. The number of carbonyl (C=O) groups excluding carboxylic acids is 1. The lowest BCUT2D eigenvalue weighted by Crippen LogP contribution is -2.16. The summed E-state index contributed by atoms with van der Waals surface area (Å²) in [7, 11) is 0. The molecule has 1 saturated carbocycles. The van der Waals surface area contributed by atoms with E-state index in [-0.39, 0.29) is 28.1 Å². The molecule has 1 aromatic carbocycles. The number of rotatable bonds is 5. The predicted molar refractivity (Wildman–Crippen MR) is 116 cm³/mol. The fraction of sp³-hybridized carbons (Fsp3) is 0.238. The van der Waals surface area contributed by atoms with E-state index in [0.717, 1.165) is 24.5 Å². The Labute approximate surface area is 195 Å². The van der Waals surface area contributed by atoms with Crippen LogP contribution in [0, 0.1) is 0 Å². The van der Waals surface area contributed by atoms with Gasteiger partial charge in [0.25, 0.3) is 5.91 Å². The minimum atomic E-state index is -4.65. The monoisotopic (exact) mass is 494 g/mol. The lowest BCUT2D eigenvalue weighted by molar-refractivity contribution is -0.142. The van der Waals surface area contributed by atoms with Crippen molar-refractivity contribution >= 4 is 40.6 Å². The number of nitrogens with one attached hydrogen (secondary N) is 1. The minimum Gasteiger partial charge on any atom is -0.302 e. The van der Waals surface area contributed by atoms with Gasteiger partial charge in [-0.15, -0.1) is 0 Å². The summed E-state index contributed by atoms with van der Waals surface area (Å²) in [5, 5.41) is 11.3. The minimum absolute atomic E-state index is 0.00386. The largest absolute Gasteiger partial charge is 0.433 e. The molecule has 1 aliphatic rings. The zero-order valence-corrected chi connectivity index (χ0v) is 18.3. The van der Waals surface area contributed by atoms with Crippen LogP contribution >= 0.6 is 23.2 Å². The highest BCUT2D eigenvalue weighted by Gasteiger charge is 2.37. The lowest BCUT2D eigenvalue weighted by atomic mass is 10.2. The predicted octanol–water partition coefficient (Wildman–Crippen LogP) is 5.43. The zero-order chi connectivity index (χ0) is 23.3. The van der Waals surface area contributed by atoms with Crippen LogP contribution in [0.25, 0.3) is 5.65 Å². The third kappa shape index (κ3) is 4.40. The molecule has 1 fully saturated rings. The van der Waals surface area contributed by atoms with Crippen molar-refractivity contribution in [2.75, 3.05) is 5.32 Å². The van der Waals surface area contributed by atoms with Gasteiger partial charge in [0.15, 0.2) is 17.2 Å². The molecule has 170 valence electrons. The Morgan fingerprint density at radius 2 is 1.88 bits per heavy atom. The summed E-state index contributed by atoms with van der Waals surface area (Å²) in [5.41, 5.74) is -0.114. The highest BCUT2D eigenvalue weighted by Crippen LogP contribution is 2.41. The van der Waals surface area contributed by atoms with Crippen molar-refractivity contribution < 1.29 is 18.0 Å². The molecule has 0 unspecified atom stereocenters. The number of amides is 1. The van der Waals surface area contributed by atoms with Gasteiger partial charge in [-0.3, -0.25) is 9.48 Å². The molecular formula is C21H15Cl2F3N6O. The van der Waals surface area contributed by atoms with Gasteiger partial charge >= 0.3 is 6.18 Å². The number of nitrogens with zero attached hydrogens (tertiary/aromatic N) is 5. The van der Waals surface area contributed by atoms with E-state index in [1.807, 2.05) is 12.1 Å². The van der Waals surface area contributed by atoms with Gasteiger partial charge < -0.3 is 5.32 Å². The van der Waals surface area contributed by atoms with Gasteiger partial charge in [-0.2, -0.15) is 23.4 Å². The van der Waals surface area contributed by atoms with E-state index in [2.05, 4.69) is 20.5 Å². The molecule has 0 aliphatic heterocycles. The quantitative estimate of drug-likeness (QED) is 0.401. The van der Waals surface area contributed by atoms with Crippen molar-refractivity contribution in [2.45, 2.75) is 31.5 Å². The lowest BCUT2D eigenvalue weighted by Gasteiger charge is -2.10. The fourth-order valence-electron chi connectivity index (χ4n) is 3.43. The van der Waals surface area contributed by atoms with Crippen LogP contribution in [0.3, 0.4) is 0 Å². The second-order valence-electron chi connectivity index (χ2n) is 7.71. The molecule has 0 bridgehead atoms. The van der Waals surface area contributed by atoms with Crippen LogP contribution in [-0.2, 0) is 12.7 Å². The summed E-state index contributed by atoms with van der Waals surface area (Å²) in [5.74, 6) is -0.705. The summed E-state index contributed by atoms with van der Waals surface area (Å²) in [6.07, 6.45) is -1.56. The molecule has 0 spiro atoms. The number of benzene rings is 1. The Morgan fingerprint density at radius 3 is 2.58 bits per heavy atom. The molecular weight excluding hydrogens is 480 g/mol. The molecule has 0 atom stereocenters. The van der Waals surface area contributed by atoms with Gasteiger partial charge in [0.05, 0.1) is 6.54 Å². The summed E-state index contributed by atoms with van der Waals surface area (Å²) in [6, 6.07) is 9.41. The number of carbonyl (C=O) groups is 1. The van der Waals surface area contributed by atoms with Crippen LogP contribution < -0.4 is 5.32 Å². The number of aromatic nitrogens is 5. The summed E-state index contributed by atoms with van der Waals surface area (Å²) in [4.78, 5) is 17.0. The van der Waals surface area contributed by atoms with E-state index in [0.29, 0.717) is 21.8 Å². The number of halogens is 5. The highest BCUT2D eigenvalue weighted by atomic mass is 35.5. The average Bonchev–Trinajstić information content (AvgIpc) is 3.42. The molecule has 0 saturated heterocycles. The topological polar surface area (TPSA) is 77.1 Å². The van der Waals surface area contributed by atoms with Crippen LogP contribution in [0.4, 0.5) is 19.0 Å². The Bertz CT molecular complexity index is 1380. The number of hydrogen-bond donors (Lipinski definition) is 1. The molecule has 4 aromatic rings. The van der Waals surface area contributed by atoms with Crippen LogP contribution in [0.2, 0.25) is 10.0 Å². The maximum absolute atomic E-state index is 13.6. The fourth-order valence-corrected chi connectivity index (χ4v) is 3.82. The molecule has 3 heterocycles. The van der Waals surface area contributed by atoms with Crippen molar-refractivity contribution in [3.8, 4) is 0 Å². The first-order valence-corrected chi connectivity index (χ1v) is 10.7. The van der Waals surface area contributed by atoms with Gasteiger partial charge in [-0.1, -0.05) is 41.4 Å². The molecule has 33 heavy (non-hydrogen) atoms. The second kappa shape index (κ2) is 8.03. The van der Waals surface area contributed by atoms with Gasteiger partial charge in [-0.25, -0.2) is 9.50 Å². The number of anilines is 1. The summed E-state index contributed by atoms with van der Waals surface area (Å²) < 4.78 is 42.9. The van der Waals surface area contributed by atoms with E-state index < -0.39 is 17.8 Å². The molecule has 5 rings (SSSR count). The van der Waals surface area contributed by atoms with Crippen molar-refractivity contribution in [1.82, 2.24) is 24.4 Å². The molecule has 12 heteroatoms. The Kier molecular flexibility index (Phi) is 5.29. The Hall–Kier alpha value is -3.11. The van der Waals surface area contributed by atoms with Crippen LogP contribution in [-0.4, -0.2) is 30.3 Å². The second-order valence-corrected chi connectivity index (χ2v) is 8.52. The van der Waals surface area contributed by atoms with Crippen molar-refractivity contribution in [1.29, 1.82) is 0 Å². The molecule has 7 nitrogen and oxygen atoms in total. The smallest absolute Gasteiger partial charge is 0.302 e. The zero-order valence-electron chi connectivity index (χ0n) is 16.8. The van der Waals surface area contributed by atoms with Gasteiger partial charge in [0.2, 0.25) is 0 Å². The van der Waals surface area contributed by atoms with E-state index in [1.54, 1.807) is 12.1 Å². The Morgan fingerprint density at radius 1 is 1.12 bits per heavy atom. The van der Waals surface area contributed by atoms with Crippen LogP contribution in [0.1, 0.15) is 46.2 Å². The summed E-state index contributed by atoms with van der Waals surface area (Å²) >= 11 is 12.4. The first kappa shape index (κ1) is 21.7. The maximum Gasteiger partial charge on any atom is 0.433 e. The van der Waals surface area contributed by atoms with E-state index in [9.17, 15) is 18.0 Å². The van der Waals surface area contributed by atoms with Crippen LogP contribution in [0.15, 0.2) is 42.6 Å². The number of hydrogen-bond acceptors (Lipinski definition) is 4. The third-order valence-electron chi connectivity index (χ3n) is 5.20. The van der Waals surface area contributed by atoms with E-state index in [1.165, 1.54) is 16.9 Å². The van der Waals surface area contributed by atoms with Crippen LogP contribution in [0.5, 0.6) is 0 Å². The molecule has 0 radical (unpaired) electrons. The molecule has 1 N–H and O–H groups in total. The van der Waals surface area contributed by atoms with Gasteiger partial charge in [0, 0.05) is 28.9 Å². The standard InChI is InChI=1S/C21H15Cl2F3N6O/c22-13-4-2-1-3-12(13)9-31-10-14(23)19(30-31)28-20(33)16-8-18-27-15(11-5-6-11)7-17(21(24,25)26)32(18)29-16/h1-4,7-8,10-11H,5-6,9H2,(H,28,30,33). The SMILES string of the molecule is O=C(Nc1nn(Cc2ccccc2Cl)cc1Cl)c1cc2nc(C3CC3)cc(C(F)(F)F)n2n1. The van der Waals surface area contributed by atoms with Crippen molar-refractivity contribution in [3.63, 3.8) is 0 Å². The van der Waals surface area contributed by atoms with E-state index >= 15 is 0 Å². The van der Waals surface area contributed by atoms with Gasteiger partial charge in [-0.05, 0) is 30.5 Å².